The molecule has 1 heterocycles. The predicted octanol–water partition coefficient (Wildman–Crippen LogP) is 2.61. The van der Waals surface area contributed by atoms with Gasteiger partial charge in [-0.2, -0.15) is 0 Å². The molecule has 1 aliphatic heterocycles. The number of carbonyl (C=O) groups is 1. The van der Waals surface area contributed by atoms with E-state index < -0.39 is 0 Å². The zero-order valence-corrected chi connectivity index (χ0v) is 14.8. The summed E-state index contributed by atoms with van der Waals surface area (Å²) in [5, 5.41) is 3.14. The van der Waals surface area contributed by atoms with Crippen molar-refractivity contribution in [3.05, 3.63) is 23.8 Å². The lowest BCUT2D eigenvalue weighted by molar-refractivity contribution is -0.127. The normalized spacial score (nSPS) is 23.2. The minimum Gasteiger partial charge on any atom is -0.493 e. The number of rotatable bonds is 5. The van der Waals surface area contributed by atoms with Gasteiger partial charge in [0.05, 0.1) is 20.3 Å². The predicted molar refractivity (Wildman–Crippen MR) is 90.9 cm³/mol. The molecule has 5 nitrogen and oxygen atoms in total. The van der Waals surface area contributed by atoms with Crippen LogP contribution in [0.25, 0.3) is 0 Å². The van der Waals surface area contributed by atoms with Crippen LogP contribution >= 0.6 is 0 Å². The Kier molecular flexibility index (Phi) is 5.88. The smallest absolute Gasteiger partial charge is 0.223 e. The Morgan fingerprint density at radius 3 is 2.61 bits per heavy atom. The highest BCUT2D eigenvalue weighted by Gasteiger charge is 2.28. The Balaban J connectivity index is 2.01. The number of nitrogens with one attached hydrogen (secondary N) is 1. The molecule has 1 N–H and O–H groups in total. The van der Waals surface area contributed by atoms with Gasteiger partial charge in [-0.05, 0) is 58.0 Å². The van der Waals surface area contributed by atoms with E-state index in [1.54, 1.807) is 14.2 Å². The third-order valence-electron chi connectivity index (χ3n) is 4.85. The summed E-state index contributed by atoms with van der Waals surface area (Å²) in [5.74, 6) is 1.62. The molecule has 0 bridgehead atoms. The largest absolute Gasteiger partial charge is 0.493 e. The Morgan fingerprint density at radius 1 is 1.30 bits per heavy atom. The van der Waals surface area contributed by atoms with Crippen LogP contribution in [0.5, 0.6) is 11.5 Å². The first-order valence-electron chi connectivity index (χ1n) is 8.18. The Bertz CT molecular complexity index is 547. The number of methoxy groups -OCH3 is 2. The molecule has 0 unspecified atom stereocenters. The minimum absolute atomic E-state index is 0.0581. The van der Waals surface area contributed by atoms with E-state index in [2.05, 4.69) is 24.2 Å². The summed E-state index contributed by atoms with van der Waals surface area (Å²) < 4.78 is 10.6. The number of piperidine rings is 1. The van der Waals surface area contributed by atoms with Crippen molar-refractivity contribution in [2.24, 2.45) is 5.92 Å². The standard InChI is InChI=1S/C18H28N2O3/c1-12-10-15(8-9-20(12)3)18(21)19-13(2)14-6-7-16(22-4)17(11-14)23-5/h6-7,11-13,15H,8-10H2,1-5H3,(H,19,21)/t12-,13+,15-/m0/s1. The highest BCUT2D eigenvalue weighted by atomic mass is 16.5. The van der Waals surface area contributed by atoms with Crippen molar-refractivity contribution in [3.63, 3.8) is 0 Å². The van der Waals surface area contributed by atoms with Gasteiger partial charge in [-0.15, -0.1) is 0 Å². The van der Waals surface area contributed by atoms with Gasteiger partial charge in [0, 0.05) is 12.0 Å². The molecule has 1 saturated heterocycles. The fourth-order valence-electron chi connectivity index (χ4n) is 3.06. The molecule has 0 saturated carbocycles. The molecule has 0 aliphatic carbocycles. The summed E-state index contributed by atoms with van der Waals surface area (Å²) in [6, 6.07) is 6.15. The van der Waals surface area contributed by atoms with Gasteiger partial charge in [0.15, 0.2) is 11.5 Å². The minimum atomic E-state index is -0.0581. The molecular weight excluding hydrogens is 292 g/mol. The van der Waals surface area contributed by atoms with E-state index in [1.807, 2.05) is 25.1 Å². The average molecular weight is 320 g/mol. The summed E-state index contributed by atoms with van der Waals surface area (Å²) in [5.41, 5.74) is 1.01. The first kappa shape index (κ1) is 17.6. The molecular formula is C18H28N2O3. The van der Waals surface area contributed by atoms with E-state index in [-0.39, 0.29) is 17.9 Å². The topological polar surface area (TPSA) is 50.8 Å². The Hall–Kier alpha value is -1.75. The maximum absolute atomic E-state index is 12.5. The van der Waals surface area contributed by atoms with Crippen LogP contribution in [0.1, 0.15) is 38.3 Å². The second-order valence-corrected chi connectivity index (χ2v) is 6.40. The van der Waals surface area contributed by atoms with Crippen molar-refractivity contribution in [3.8, 4) is 11.5 Å². The molecule has 23 heavy (non-hydrogen) atoms. The van der Waals surface area contributed by atoms with E-state index in [0.717, 1.165) is 24.9 Å². The maximum Gasteiger partial charge on any atom is 0.223 e. The number of ether oxygens (including phenoxy) is 2. The zero-order chi connectivity index (χ0) is 17.0. The molecule has 1 amide bonds. The van der Waals surface area contributed by atoms with E-state index >= 15 is 0 Å². The molecule has 128 valence electrons. The third kappa shape index (κ3) is 4.16. The van der Waals surface area contributed by atoms with Crippen LogP contribution in [0.2, 0.25) is 0 Å². The number of hydrogen-bond acceptors (Lipinski definition) is 4. The maximum atomic E-state index is 12.5. The van der Waals surface area contributed by atoms with Gasteiger partial charge in [-0.1, -0.05) is 6.07 Å². The molecule has 1 aromatic rings. The number of amides is 1. The number of nitrogens with zero attached hydrogens (tertiary/aromatic N) is 1. The highest BCUT2D eigenvalue weighted by molar-refractivity contribution is 5.79. The molecule has 0 spiro atoms. The van der Waals surface area contributed by atoms with Gasteiger partial charge in [-0.25, -0.2) is 0 Å². The van der Waals surface area contributed by atoms with Gasteiger partial charge in [-0.3, -0.25) is 4.79 Å². The molecule has 1 aromatic carbocycles. The van der Waals surface area contributed by atoms with Gasteiger partial charge in [0.2, 0.25) is 5.91 Å². The summed E-state index contributed by atoms with van der Waals surface area (Å²) in [6.45, 7) is 5.15. The molecule has 3 atom stereocenters. The van der Waals surface area contributed by atoms with Gasteiger partial charge in [0.25, 0.3) is 0 Å². The first-order chi connectivity index (χ1) is 11.0. The molecule has 5 heteroatoms. The van der Waals surface area contributed by atoms with Crippen molar-refractivity contribution in [2.45, 2.75) is 38.8 Å². The molecule has 0 aromatic heterocycles. The highest BCUT2D eigenvalue weighted by Crippen LogP contribution is 2.30. The average Bonchev–Trinajstić information content (AvgIpc) is 2.56. The fourth-order valence-corrected chi connectivity index (χ4v) is 3.06. The number of hydrogen-bond donors (Lipinski definition) is 1. The Morgan fingerprint density at radius 2 is 2.00 bits per heavy atom. The van der Waals surface area contributed by atoms with Crippen molar-refractivity contribution < 1.29 is 14.3 Å². The van der Waals surface area contributed by atoms with E-state index in [4.69, 9.17) is 9.47 Å². The second-order valence-electron chi connectivity index (χ2n) is 6.40. The summed E-state index contributed by atoms with van der Waals surface area (Å²) in [7, 11) is 5.35. The van der Waals surface area contributed by atoms with Crippen LogP contribution in [0.3, 0.4) is 0 Å². The van der Waals surface area contributed by atoms with Crippen LogP contribution < -0.4 is 14.8 Å². The lowest BCUT2D eigenvalue weighted by Crippen LogP contribution is -2.43. The molecule has 1 aliphatic rings. The zero-order valence-electron chi connectivity index (χ0n) is 14.8. The summed E-state index contributed by atoms with van der Waals surface area (Å²) >= 11 is 0. The van der Waals surface area contributed by atoms with Gasteiger partial charge < -0.3 is 19.7 Å². The van der Waals surface area contributed by atoms with Crippen LogP contribution in [-0.4, -0.2) is 44.7 Å². The quantitative estimate of drug-likeness (QED) is 0.906. The van der Waals surface area contributed by atoms with Crippen LogP contribution in [0, 0.1) is 5.92 Å². The fraction of sp³-hybridized carbons (Fsp3) is 0.611. The number of likely N-dealkylation sites (tertiary alicyclic amines) is 1. The molecule has 1 fully saturated rings. The SMILES string of the molecule is COc1ccc([C@@H](C)NC(=O)[C@H]2CCN(C)[C@@H](C)C2)cc1OC. The lowest BCUT2D eigenvalue weighted by atomic mass is 9.91. The van der Waals surface area contributed by atoms with Crippen LogP contribution in [-0.2, 0) is 4.79 Å². The van der Waals surface area contributed by atoms with E-state index in [0.29, 0.717) is 17.5 Å². The second kappa shape index (κ2) is 7.68. The first-order valence-corrected chi connectivity index (χ1v) is 8.18. The van der Waals surface area contributed by atoms with Crippen molar-refractivity contribution >= 4 is 5.91 Å². The monoisotopic (exact) mass is 320 g/mol. The van der Waals surface area contributed by atoms with Crippen molar-refractivity contribution in [2.75, 3.05) is 27.8 Å². The molecule has 0 radical (unpaired) electrons. The van der Waals surface area contributed by atoms with Gasteiger partial charge in [0.1, 0.15) is 0 Å². The van der Waals surface area contributed by atoms with E-state index in [1.165, 1.54) is 0 Å². The molecule has 2 rings (SSSR count). The van der Waals surface area contributed by atoms with Gasteiger partial charge >= 0.3 is 0 Å². The Labute approximate surface area is 139 Å². The van der Waals surface area contributed by atoms with Crippen molar-refractivity contribution in [1.82, 2.24) is 10.2 Å². The van der Waals surface area contributed by atoms with Crippen LogP contribution in [0.15, 0.2) is 18.2 Å². The lowest BCUT2D eigenvalue weighted by Gasteiger charge is -2.34. The van der Waals surface area contributed by atoms with Crippen LogP contribution in [0.4, 0.5) is 0 Å². The van der Waals surface area contributed by atoms with E-state index in [9.17, 15) is 4.79 Å². The number of benzene rings is 1. The third-order valence-corrected chi connectivity index (χ3v) is 4.85. The summed E-state index contributed by atoms with van der Waals surface area (Å²) in [6.07, 6.45) is 1.84. The summed E-state index contributed by atoms with van der Waals surface area (Å²) in [4.78, 5) is 14.8. The van der Waals surface area contributed by atoms with Crippen molar-refractivity contribution in [1.29, 1.82) is 0 Å². The number of carbonyl (C=O) groups excluding carboxylic acids is 1.